The van der Waals surface area contributed by atoms with E-state index in [1.165, 1.54) is 26.4 Å². The molecule has 0 aliphatic carbocycles. The maximum Gasteiger partial charge on any atom is 0.573 e. The summed E-state index contributed by atoms with van der Waals surface area (Å²) < 4.78 is 51.6. The summed E-state index contributed by atoms with van der Waals surface area (Å²) in [6, 6.07) is 10.4. The number of halogens is 3. The van der Waals surface area contributed by atoms with Crippen LogP contribution in [0.15, 0.2) is 36.4 Å². The number of methoxy groups -OCH3 is 2. The van der Waals surface area contributed by atoms with E-state index in [0.717, 1.165) is 6.07 Å². The lowest BCUT2D eigenvalue weighted by atomic mass is 10.0. The largest absolute Gasteiger partial charge is 0.573 e. The van der Waals surface area contributed by atoms with Crippen LogP contribution in [0.4, 0.5) is 13.2 Å². The molecule has 0 fully saturated rings. The van der Waals surface area contributed by atoms with Crippen LogP contribution in [0.3, 0.4) is 0 Å². The lowest BCUT2D eigenvalue weighted by molar-refractivity contribution is -0.274. The molecule has 0 aromatic heterocycles. The Kier molecular flexibility index (Phi) is 4.65. The topological polar surface area (TPSA) is 51.5 Å². The first-order valence-corrected chi connectivity index (χ1v) is 6.40. The van der Waals surface area contributed by atoms with E-state index in [1.54, 1.807) is 18.2 Å². The van der Waals surface area contributed by atoms with Crippen molar-refractivity contribution in [3.63, 3.8) is 0 Å². The molecule has 0 bridgehead atoms. The third kappa shape index (κ3) is 3.86. The zero-order valence-electron chi connectivity index (χ0n) is 12.3. The standard InChI is InChI=1S/C16H12F3NO3/c1-21-14-5-3-4-13(15(14)22-2)11-6-10(9-20)7-12(8-11)23-16(17,18)19/h3-8H,1-2H3. The van der Waals surface area contributed by atoms with Crippen molar-refractivity contribution >= 4 is 0 Å². The second-order valence-electron chi connectivity index (χ2n) is 4.45. The fraction of sp³-hybridized carbons (Fsp3) is 0.188. The van der Waals surface area contributed by atoms with Gasteiger partial charge in [0.2, 0.25) is 0 Å². The van der Waals surface area contributed by atoms with Crippen molar-refractivity contribution in [3.8, 4) is 34.4 Å². The molecule has 0 aliphatic heterocycles. The Morgan fingerprint density at radius 2 is 1.78 bits per heavy atom. The van der Waals surface area contributed by atoms with Gasteiger partial charge in [-0.15, -0.1) is 13.2 Å². The number of para-hydroxylation sites is 1. The molecule has 2 aromatic carbocycles. The first kappa shape index (κ1) is 16.5. The smallest absolute Gasteiger partial charge is 0.493 e. The number of alkyl halides is 3. The Balaban J connectivity index is 2.60. The Bertz CT molecular complexity index is 751. The van der Waals surface area contributed by atoms with Gasteiger partial charge in [0.05, 0.1) is 25.9 Å². The van der Waals surface area contributed by atoms with Gasteiger partial charge in [0.15, 0.2) is 11.5 Å². The summed E-state index contributed by atoms with van der Waals surface area (Å²) in [4.78, 5) is 0. The molecule has 2 aromatic rings. The minimum atomic E-state index is -4.84. The van der Waals surface area contributed by atoms with Gasteiger partial charge >= 0.3 is 6.36 Å². The van der Waals surface area contributed by atoms with Gasteiger partial charge in [0, 0.05) is 5.56 Å². The second kappa shape index (κ2) is 6.48. The van der Waals surface area contributed by atoms with Gasteiger partial charge in [-0.1, -0.05) is 12.1 Å². The first-order chi connectivity index (χ1) is 10.9. The van der Waals surface area contributed by atoms with E-state index in [4.69, 9.17) is 14.7 Å². The van der Waals surface area contributed by atoms with E-state index in [0.29, 0.717) is 22.6 Å². The Morgan fingerprint density at radius 1 is 1.04 bits per heavy atom. The van der Waals surface area contributed by atoms with Gasteiger partial charge in [-0.25, -0.2) is 0 Å². The zero-order chi connectivity index (χ0) is 17.0. The molecule has 0 saturated carbocycles. The maximum absolute atomic E-state index is 12.4. The molecule has 0 saturated heterocycles. The number of rotatable bonds is 4. The highest BCUT2D eigenvalue weighted by Gasteiger charge is 2.31. The van der Waals surface area contributed by atoms with Crippen LogP contribution in [-0.4, -0.2) is 20.6 Å². The molecule has 4 nitrogen and oxygen atoms in total. The van der Waals surface area contributed by atoms with Crippen molar-refractivity contribution < 1.29 is 27.4 Å². The van der Waals surface area contributed by atoms with E-state index in [1.807, 2.05) is 6.07 Å². The molecule has 0 atom stereocenters. The highest BCUT2D eigenvalue weighted by molar-refractivity contribution is 5.75. The predicted molar refractivity (Wildman–Crippen MR) is 76.4 cm³/mol. The van der Waals surface area contributed by atoms with E-state index in [2.05, 4.69) is 4.74 Å². The van der Waals surface area contributed by atoms with Crippen molar-refractivity contribution in [2.45, 2.75) is 6.36 Å². The molecule has 0 heterocycles. The molecular weight excluding hydrogens is 311 g/mol. The van der Waals surface area contributed by atoms with Crippen LogP contribution >= 0.6 is 0 Å². The summed E-state index contributed by atoms with van der Waals surface area (Å²) in [5.74, 6) is 0.296. The van der Waals surface area contributed by atoms with Crippen LogP contribution in [0.25, 0.3) is 11.1 Å². The molecule has 7 heteroatoms. The average Bonchev–Trinajstić information content (AvgIpc) is 2.51. The molecule has 0 spiro atoms. The van der Waals surface area contributed by atoms with Crippen LogP contribution in [0, 0.1) is 11.3 Å². The molecule has 0 amide bonds. The molecule has 120 valence electrons. The van der Waals surface area contributed by atoms with Crippen LogP contribution in [-0.2, 0) is 0 Å². The molecule has 23 heavy (non-hydrogen) atoms. The third-order valence-corrected chi connectivity index (χ3v) is 2.98. The SMILES string of the molecule is COc1cccc(-c2cc(C#N)cc(OC(F)(F)F)c2)c1OC. The lowest BCUT2D eigenvalue weighted by Crippen LogP contribution is -2.17. The Hall–Kier alpha value is -2.88. The monoisotopic (exact) mass is 323 g/mol. The molecule has 0 aliphatic rings. The van der Waals surface area contributed by atoms with Gasteiger partial charge in [-0.2, -0.15) is 5.26 Å². The number of ether oxygens (including phenoxy) is 3. The molecule has 2 rings (SSSR count). The minimum Gasteiger partial charge on any atom is -0.493 e. The number of nitrogens with zero attached hydrogens (tertiary/aromatic N) is 1. The van der Waals surface area contributed by atoms with Crippen molar-refractivity contribution in [2.24, 2.45) is 0 Å². The third-order valence-electron chi connectivity index (χ3n) is 2.98. The molecule has 0 radical (unpaired) electrons. The van der Waals surface area contributed by atoms with Crippen LogP contribution in [0.2, 0.25) is 0 Å². The molecule has 0 unspecified atom stereocenters. The average molecular weight is 323 g/mol. The van der Waals surface area contributed by atoms with E-state index in [9.17, 15) is 13.2 Å². The van der Waals surface area contributed by atoms with Crippen molar-refractivity contribution in [1.82, 2.24) is 0 Å². The van der Waals surface area contributed by atoms with Crippen LogP contribution in [0.1, 0.15) is 5.56 Å². The van der Waals surface area contributed by atoms with Gasteiger partial charge in [-0.3, -0.25) is 0 Å². The number of benzene rings is 2. The highest BCUT2D eigenvalue weighted by Crippen LogP contribution is 2.39. The summed E-state index contributed by atoms with van der Waals surface area (Å²) >= 11 is 0. The van der Waals surface area contributed by atoms with Crippen LogP contribution in [0.5, 0.6) is 17.2 Å². The number of hydrogen-bond donors (Lipinski definition) is 0. The highest BCUT2D eigenvalue weighted by atomic mass is 19.4. The molecule has 0 N–H and O–H groups in total. The zero-order valence-corrected chi connectivity index (χ0v) is 12.3. The van der Waals surface area contributed by atoms with Crippen molar-refractivity contribution in [1.29, 1.82) is 5.26 Å². The summed E-state index contributed by atoms with van der Waals surface area (Å²) in [5.41, 5.74) is 0.863. The van der Waals surface area contributed by atoms with E-state index < -0.39 is 12.1 Å². The summed E-state index contributed by atoms with van der Waals surface area (Å²) in [6.45, 7) is 0. The summed E-state index contributed by atoms with van der Waals surface area (Å²) in [7, 11) is 2.87. The van der Waals surface area contributed by atoms with Gasteiger partial charge in [-0.05, 0) is 29.8 Å². The summed E-state index contributed by atoms with van der Waals surface area (Å²) in [6.07, 6.45) is -4.84. The Labute approximate surface area is 130 Å². The van der Waals surface area contributed by atoms with Crippen LogP contribution < -0.4 is 14.2 Å². The normalized spacial score (nSPS) is 10.8. The van der Waals surface area contributed by atoms with Gasteiger partial charge < -0.3 is 14.2 Å². The maximum atomic E-state index is 12.4. The van der Waals surface area contributed by atoms with E-state index in [-0.39, 0.29) is 5.56 Å². The second-order valence-corrected chi connectivity index (χ2v) is 4.45. The fourth-order valence-electron chi connectivity index (χ4n) is 2.13. The summed E-state index contributed by atoms with van der Waals surface area (Å²) in [5, 5.41) is 9.02. The lowest BCUT2D eigenvalue weighted by Gasteiger charge is -2.14. The number of hydrogen-bond acceptors (Lipinski definition) is 4. The fourth-order valence-corrected chi connectivity index (χ4v) is 2.13. The predicted octanol–water partition coefficient (Wildman–Crippen LogP) is 4.14. The van der Waals surface area contributed by atoms with Gasteiger partial charge in [0.25, 0.3) is 0 Å². The quantitative estimate of drug-likeness (QED) is 0.848. The first-order valence-electron chi connectivity index (χ1n) is 6.40. The van der Waals surface area contributed by atoms with E-state index >= 15 is 0 Å². The Morgan fingerprint density at radius 3 is 2.35 bits per heavy atom. The number of nitriles is 1. The van der Waals surface area contributed by atoms with Crippen molar-refractivity contribution in [3.05, 3.63) is 42.0 Å². The van der Waals surface area contributed by atoms with Gasteiger partial charge in [0.1, 0.15) is 5.75 Å². The molecular formula is C16H12F3NO3. The van der Waals surface area contributed by atoms with Crippen molar-refractivity contribution in [2.75, 3.05) is 14.2 Å². The minimum absolute atomic E-state index is 0.0339.